The van der Waals surface area contributed by atoms with Gasteiger partial charge in [-0.1, -0.05) is 24.3 Å². The lowest BCUT2D eigenvalue weighted by Gasteiger charge is -2.18. The summed E-state index contributed by atoms with van der Waals surface area (Å²) < 4.78 is 0. The van der Waals surface area contributed by atoms with Crippen molar-refractivity contribution in [3.8, 4) is 11.1 Å². The van der Waals surface area contributed by atoms with Gasteiger partial charge in [0.1, 0.15) is 11.0 Å². The monoisotopic (exact) mass is 634 g/mol. The molecule has 2 N–H and O–H groups in total. The highest BCUT2D eigenvalue weighted by atomic mass is 15.1. The minimum atomic E-state index is 0.769. The third-order valence-corrected chi connectivity index (χ3v) is 9.99. The van der Waals surface area contributed by atoms with Crippen LogP contribution in [-0.4, -0.2) is 55.9 Å². The summed E-state index contributed by atoms with van der Waals surface area (Å²) >= 11 is 0. The van der Waals surface area contributed by atoms with Gasteiger partial charge in [0.2, 0.25) is 0 Å². The summed E-state index contributed by atoms with van der Waals surface area (Å²) in [5.41, 5.74) is 10.9. The number of aromatic nitrogens is 4. The number of anilines is 4. The van der Waals surface area contributed by atoms with Crippen LogP contribution in [0.5, 0.6) is 0 Å². The molecule has 8 rings (SSSR count). The molecule has 0 unspecified atom stereocenters. The fraction of sp³-hybridized carbons (Fsp3) is 0.300. The molecular weight excluding hydrogens is 592 g/mol. The Labute approximate surface area is 282 Å². The minimum absolute atomic E-state index is 0.769. The first-order chi connectivity index (χ1) is 23.6. The molecule has 6 heterocycles. The van der Waals surface area contributed by atoms with Crippen LogP contribution in [0, 0.1) is 13.8 Å². The molecule has 0 bridgehead atoms. The smallest absolute Gasteiger partial charge is 0.156 e. The van der Waals surface area contributed by atoms with Gasteiger partial charge in [0.05, 0.1) is 0 Å². The summed E-state index contributed by atoms with van der Waals surface area (Å²) in [6, 6.07) is 21.4. The molecule has 0 spiro atoms. The maximum absolute atomic E-state index is 4.87. The average molecular weight is 635 g/mol. The molecule has 0 amide bonds. The maximum Gasteiger partial charge on any atom is 0.156 e. The molecule has 4 aromatic heterocycles. The lowest BCUT2D eigenvalue weighted by Crippen LogP contribution is -2.18. The van der Waals surface area contributed by atoms with Crippen molar-refractivity contribution in [2.24, 2.45) is 0 Å². The van der Waals surface area contributed by atoms with E-state index in [1.807, 2.05) is 24.8 Å². The third-order valence-electron chi connectivity index (χ3n) is 9.99. The lowest BCUT2D eigenvalue weighted by atomic mass is 9.94. The van der Waals surface area contributed by atoms with Crippen molar-refractivity contribution in [2.75, 3.05) is 36.8 Å². The number of nitrogens with zero attached hydrogens (tertiary/aromatic N) is 6. The Morgan fingerprint density at radius 1 is 0.562 bits per heavy atom. The molecular formula is C40H42N8. The van der Waals surface area contributed by atoms with Crippen LogP contribution in [0.1, 0.15) is 47.9 Å². The molecule has 48 heavy (non-hydrogen) atoms. The maximum atomic E-state index is 4.87. The van der Waals surface area contributed by atoms with Gasteiger partial charge < -0.3 is 10.6 Å². The minimum Gasteiger partial charge on any atom is -0.338 e. The van der Waals surface area contributed by atoms with Gasteiger partial charge in [-0.05, 0) is 135 Å². The van der Waals surface area contributed by atoms with Gasteiger partial charge in [-0.25, -0.2) is 9.97 Å². The quantitative estimate of drug-likeness (QED) is 0.164. The van der Waals surface area contributed by atoms with E-state index in [1.54, 1.807) is 0 Å². The van der Waals surface area contributed by atoms with Crippen LogP contribution < -0.4 is 10.6 Å². The molecule has 8 heteroatoms. The van der Waals surface area contributed by atoms with E-state index in [0.717, 1.165) is 80.2 Å². The van der Waals surface area contributed by atoms with E-state index < -0.39 is 0 Å². The molecule has 242 valence electrons. The van der Waals surface area contributed by atoms with Gasteiger partial charge in [-0.15, -0.1) is 0 Å². The van der Waals surface area contributed by atoms with Gasteiger partial charge in [-0.3, -0.25) is 19.8 Å². The number of benzene rings is 2. The van der Waals surface area contributed by atoms with Crippen LogP contribution in [0.15, 0.2) is 85.5 Å². The zero-order valence-electron chi connectivity index (χ0n) is 27.8. The Morgan fingerprint density at radius 2 is 1.00 bits per heavy atom. The Bertz CT molecular complexity index is 1950. The van der Waals surface area contributed by atoms with Gasteiger partial charge in [-0.2, -0.15) is 0 Å². The van der Waals surface area contributed by atoms with Crippen molar-refractivity contribution in [3.63, 3.8) is 0 Å². The highest BCUT2D eigenvalue weighted by Gasteiger charge is 2.17. The number of hydrogen-bond donors (Lipinski definition) is 2. The summed E-state index contributed by atoms with van der Waals surface area (Å²) in [4.78, 5) is 24.2. The zero-order valence-corrected chi connectivity index (χ0v) is 27.8. The summed E-state index contributed by atoms with van der Waals surface area (Å²) in [5.74, 6) is 1.54. The Hall–Kier alpha value is -4.92. The Kier molecular flexibility index (Phi) is 8.43. The first kappa shape index (κ1) is 30.4. The molecule has 0 radical (unpaired) electrons. The van der Waals surface area contributed by atoms with Gasteiger partial charge in [0, 0.05) is 60.0 Å². The normalized spacial score (nSPS) is 15.5. The highest BCUT2D eigenvalue weighted by molar-refractivity contribution is 5.92. The number of likely N-dealkylation sites (tertiary alicyclic amines) is 2. The predicted octanol–water partition coefficient (Wildman–Crippen LogP) is 8.54. The van der Waals surface area contributed by atoms with E-state index in [-0.39, 0.29) is 0 Å². The second-order valence-corrected chi connectivity index (χ2v) is 13.3. The van der Waals surface area contributed by atoms with E-state index in [0.29, 0.717) is 0 Å². The molecule has 2 fully saturated rings. The van der Waals surface area contributed by atoms with Crippen molar-refractivity contribution in [1.82, 2.24) is 29.7 Å². The average Bonchev–Trinajstić information content (AvgIpc) is 3.82. The number of hydrogen-bond acceptors (Lipinski definition) is 8. The molecule has 2 aromatic carbocycles. The molecule has 0 atom stereocenters. The third kappa shape index (κ3) is 6.21. The van der Waals surface area contributed by atoms with E-state index in [9.17, 15) is 0 Å². The lowest BCUT2D eigenvalue weighted by molar-refractivity contribution is 0.331. The number of pyridine rings is 4. The topological polar surface area (TPSA) is 82.1 Å². The second-order valence-electron chi connectivity index (χ2n) is 13.3. The van der Waals surface area contributed by atoms with Crippen LogP contribution >= 0.6 is 0 Å². The first-order valence-electron chi connectivity index (χ1n) is 17.2. The molecule has 2 aliphatic rings. The van der Waals surface area contributed by atoms with Gasteiger partial charge in [0.25, 0.3) is 0 Å². The second kappa shape index (κ2) is 13.3. The van der Waals surface area contributed by atoms with Crippen molar-refractivity contribution in [1.29, 1.82) is 0 Å². The van der Waals surface area contributed by atoms with Crippen LogP contribution in [0.3, 0.4) is 0 Å². The van der Waals surface area contributed by atoms with E-state index in [4.69, 9.17) is 19.9 Å². The van der Waals surface area contributed by atoms with E-state index in [1.165, 1.54) is 63.0 Å². The summed E-state index contributed by atoms with van der Waals surface area (Å²) in [7, 11) is 0. The number of fused-ring (bicyclic) bond motifs is 2. The summed E-state index contributed by atoms with van der Waals surface area (Å²) in [6.07, 6.45) is 12.9. The fourth-order valence-electron chi connectivity index (χ4n) is 7.35. The summed E-state index contributed by atoms with van der Waals surface area (Å²) in [5, 5.41) is 9.44. The van der Waals surface area contributed by atoms with Gasteiger partial charge in [0.15, 0.2) is 11.6 Å². The number of nitrogens with one attached hydrogen (secondary N) is 2. The van der Waals surface area contributed by atoms with Gasteiger partial charge >= 0.3 is 0 Å². The largest absolute Gasteiger partial charge is 0.338 e. The summed E-state index contributed by atoms with van der Waals surface area (Å²) in [6.45, 7) is 10.9. The first-order valence-corrected chi connectivity index (χ1v) is 17.2. The van der Waals surface area contributed by atoms with Crippen LogP contribution in [0.25, 0.3) is 32.9 Å². The Balaban J connectivity index is 1.05. The van der Waals surface area contributed by atoms with E-state index >= 15 is 0 Å². The SMILES string of the molecule is Cc1c(Nc2nccc3cc(CN4CCCC4)cnc23)cccc1-c1cccc(Nc2nccc3cc(CN4CCCC4)cnc23)c1C. The predicted molar refractivity (Wildman–Crippen MR) is 196 cm³/mol. The zero-order chi connectivity index (χ0) is 32.5. The molecule has 8 nitrogen and oxygen atoms in total. The van der Waals surface area contributed by atoms with Crippen LogP contribution in [0.2, 0.25) is 0 Å². The fourth-order valence-corrected chi connectivity index (χ4v) is 7.35. The van der Waals surface area contributed by atoms with Crippen molar-refractivity contribution in [2.45, 2.75) is 52.6 Å². The molecule has 0 saturated carbocycles. The molecule has 2 saturated heterocycles. The highest BCUT2D eigenvalue weighted by Crippen LogP contribution is 2.36. The molecule has 6 aromatic rings. The van der Waals surface area contributed by atoms with Crippen molar-refractivity contribution < 1.29 is 0 Å². The van der Waals surface area contributed by atoms with E-state index in [2.05, 4.69) is 94.9 Å². The number of rotatable bonds is 9. The van der Waals surface area contributed by atoms with Crippen molar-refractivity contribution >= 4 is 44.8 Å². The standard InChI is InChI=1S/C40H42N8/c1-27-33(9-7-11-35(27)45-39-37-31(13-15-41-39)21-29(23-43-37)25-47-17-3-4-18-47)34-10-8-12-36(28(34)2)46-40-38-32(14-16-42-40)22-30(24-44-38)26-48-19-5-6-20-48/h7-16,21-24H,3-6,17-20,25-26H2,1-2H3,(H,41,45)(H,42,46). The molecule has 0 aliphatic carbocycles. The van der Waals surface area contributed by atoms with Crippen molar-refractivity contribution in [3.05, 3.63) is 108 Å². The van der Waals surface area contributed by atoms with Crippen LogP contribution in [0.4, 0.5) is 23.0 Å². The Morgan fingerprint density at radius 3 is 1.44 bits per heavy atom. The molecule has 2 aliphatic heterocycles. The van der Waals surface area contributed by atoms with Crippen LogP contribution in [-0.2, 0) is 13.1 Å².